The first-order valence-electron chi connectivity index (χ1n) is 17.9. The van der Waals surface area contributed by atoms with Gasteiger partial charge in [-0.3, -0.25) is 0 Å². The molecule has 53 heavy (non-hydrogen) atoms. The average molecular weight is 684 g/mol. The molecule has 0 radical (unpaired) electrons. The SMILES string of the molecule is CC1(C)c2ccccc2-c2c1ccc1c2Oc2cccc(-c3ccc(-c4nc(-c5ccccc5)nc(-c5ccccc5-c5ccccc5)n4)cc3)c2O1. The first kappa shape index (κ1) is 30.9. The monoisotopic (exact) mass is 683 g/mol. The van der Waals surface area contributed by atoms with Gasteiger partial charge in [0.05, 0.1) is 0 Å². The number of rotatable bonds is 5. The van der Waals surface area contributed by atoms with Crippen LogP contribution in [-0.2, 0) is 5.41 Å². The van der Waals surface area contributed by atoms with Crippen molar-refractivity contribution in [3.63, 3.8) is 0 Å². The van der Waals surface area contributed by atoms with Crippen LogP contribution in [0.4, 0.5) is 0 Å². The van der Waals surface area contributed by atoms with E-state index in [4.69, 9.17) is 24.4 Å². The molecule has 7 aromatic carbocycles. The van der Waals surface area contributed by atoms with Crippen molar-refractivity contribution in [2.24, 2.45) is 0 Å². The average Bonchev–Trinajstić information content (AvgIpc) is 3.46. The highest BCUT2D eigenvalue weighted by atomic mass is 16.6. The van der Waals surface area contributed by atoms with Crippen LogP contribution in [0.15, 0.2) is 164 Å². The molecule has 252 valence electrons. The molecule has 8 aromatic rings. The molecule has 0 spiro atoms. The summed E-state index contributed by atoms with van der Waals surface area (Å²) in [5.74, 6) is 4.73. The van der Waals surface area contributed by atoms with Crippen molar-refractivity contribution in [2.75, 3.05) is 0 Å². The largest absolute Gasteiger partial charge is 0.449 e. The van der Waals surface area contributed by atoms with Gasteiger partial charge in [0.25, 0.3) is 0 Å². The van der Waals surface area contributed by atoms with Gasteiger partial charge in [-0.2, -0.15) is 0 Å². The maximum absolute atomic E-state index is 6.73. The topological polar surface area (TPSA) is 57.1 Å². The molecule has 2 aliphatic rings. The van der Waals surface area contributed by atoms with Gasteiger partial charge in [-0.25, -0.2) is 15.0 Å². The maximum Gasteiger partial charge on any atom is 0.178 e. The van der Waals surface area contributed by atoms with E-state index in [9.17, 15) is 0 Å². The minimum absolute atomic E-state index is 0.124. The molecular formula is C48H33N3O2. The van der Waals surface area contributed by atoms with E-state index in [-0.39, 0.29) is 5.41 Å². The Kier molecular flexibility index (Phi) is 7.08. The molecule has 5 heteroatoms. The fourth-order valence-corrected chi connectivity index (χ4v) is 7.76. The Balaban J connectivity index is 1.03. The smallest absolute Gasteiger partial charge is 0.178 e. The number of hydrogen-bond donors (Lipinski definition) is 0. The van der Waals surface area contributed by atoms with E-state index < -0.39 is 0 Å². The van der Waals surface area contributed by atoms with E-state index in [1.54, 1.807) is 0 Å². The van der Waals surface area contributed by atoms with Gasteiger partial charge in [-0.15, -0.1) is 0 Å². The predicted molar refractivity (Wildman–Crippen MR) is 211 cm³/mol. The summed E-state index contributed by atoms with van der Waals surface area (Å²) in [6.07, 6.45) is 0. The summed E-state index contributed by atoms with van der Waals surface area (Å²) in [6.45, 7) is 4.54. The van der Waals surface area contributed by atoms with E-state index in [0.29, 0.717) is 29.0 Å². The summed E-state index contributed by atoms with van der Waals surface area (Å²) >= 11 is 0. The summed E-state index contributed by atoms with van der Waals surface area (Å²) in [5.41, 5.74) is 11.6. The molecule has 0 saturated heterocycles. The minimum atomic E-state index is -0.124. The Morgan fingerprint density at radius 3 is 1.60 bits per heavy atom. The Bertz CT molecular complexity index is 2690. The zero-order valence-corrected chi connectivity index (χ0v) is 29.2. The lowest BCUT2D eigenvalue weighted by Crippen LogP contribution is -2.15. The third kappa shape index (κ3) is 5.12. The summed E-state index contributed by atoms with van der Waals surface area (Å²) in [4.78, 5) is 15.1. The van der Waals surface area contributed by atoms with Crippen molar-refractivity contribution in [3.05, 3.63) is 175 Å². The normalized spacial score (nSPS) is 13.2. The number of hydrogen-bond acceptors (Lipinski definition) is 5. The van der Waals surface area contributed by atoms with E-state index in [1.165, 1.54) is 16.7 Å². The van der Waals surface area contributed by atoms with Crippen LogP contribution >= 0.6 is 0 Å². The second kappa shape index (κ2) is 12.1. The van der Waals surface area contributed by atoms with Crippen LogP contribution in [0.2, 0.25) is 0 Å². The van der Waals surface area contributed by atoms with Crippen molar-refractivity contribution in [3.8, 4) is 90.5 Å². The van der Waals surface area contributed by atoms with E-state index in [1.807, 2.05) is 78.9 Å². The van der Waals surface area contributed by atoms with Gasteiger partial charge in [-0.05, 0) is 45.5 Å². The van der Waals surface area contributed by atoms with Crippen molar-refractivity contribution in [2.45, 2.75) is 19.3 Å². The first-order valence-corrected chi connectivity index (χ1v) is 17.9. The molecule has 0 unspecified atom stereocenters. The molecule has 10 rings (SSSR count). The minimum Gasteiger partial charge on any atom is -0.449 e. The molecule has 0 amide bonds. The zero-order chi connectivity index (χ0) is 35.5. The van der Waals surface area contributed by atoms with Crippen LogP contribution in [0.3, 0.4) is 0 Å². The lowest BCUT2D eigenvalue weighted by Gasteiger charge is -2.26. The van der Waals surface area contributed by atoms with Gasteiger partial charge in [-0.1, -0.05) is 166 Å². The number of nitrogens with zero attached hydrogens (tertiary/aromatic N) is 3. The van der Waals surface area contributed by atoms with Crippen LogP contribution in [-0.4, -0.2) is 15.0 Å². The Morgan fingerprint density at radius 2 is 0.868 bits per heavy atom. The molecule has 0 atom stereocenters. The molecule has 1 aliphatic heterocycles. The standard InChI is InChI=1S/C48H33N3O2/c1-48(2)38-22-12-11-20-37(38)42-39(48)28-29-41-44(42)53-40-23-13-21-35(43(40)52-41)31-24-26-33(27-25-31)46-49-45(32-16-7-4-8-17-32)50-47(51-46)36-19-10-9-18-34(36)30-14-5-3-6-15-30/h3-29H,1-2H3. The fourth-order valence-electron chi connectivity index (χ4n) is 7.76. The van der Waals surface area contributed by atoms with Gasteiger partial charge >= 0.3 is 0 Å². The van der Waals surface area contributed by atoms with Crippen molar-refractivity contribution >= 4 is 0 Å². The third-order valence-electron chi connectivity index (χ3n) is 10.4. The Hall–Kier alpha value is -6.85. The number of benzene rings is 7. The lowest BCUT2D eigenvalue weighted by atomic mass is 9.82. The summed E-state index contributed by atoms with van der Waals surface area (Å²) < 4.78 is 13.4. The number of aromatic nitrogens is 3. The predicted octanol–water partition coefficient (Wildman–Crippen LogP) is 12.4. The van der Waals surface area contributed by atoms with E-state index in [0.717, 1.165) is 56.0 Å². The maximum atomic E-state index is 6.73. The number of ether oxygens (including phenoxy) is 2. The number of para-hydroxylation sites is 1. The molecule has 0 bridgehead atoms. The quantitative estimate of drug-likeness (QED) is 0.181. The zero-order valence-electron chi connectivity index (χ0n) is 29.2. The summed E-state index contributed by atoms with van der Waals surface area (Å²) in [5, 5.41) is 0. The van der Waals surface area contributed by atoms with E-state index >= 15 is 0 Å². The summed E-state index contributed by atoms with van der Waals surface area (Å²) in [7, 11) is 0. The molecule has 2 heterocycles. The van der Waals surface area contributed by atoms with Gasteiger partial charge in [0.2, 0.25) is 0 Å². The van der Waals surface area contributed by atoms with Crippen LogP contribution in [0.5, 0.6) is 23.0 Å². The van der Waals surface area contributed by atoms with Crippen LogP contribution in [0.25, 0.3) is 67.5 Å². The number of fused-ring (bicyclic) bond motifs is 6. The Morgan fingerprint density at radius 1 is 0.358 bits per heavy atom. The highest BCUT2D eigenvalue weighted by Gasteiger charge is 2.39. The molecule has 0 saturated carbocycles. The van der Waals surface area contributed by atoms with Crippen LogP contribution < -0.4 is 9.47 Å². The molecule has 0 N–H and O–H groups in total. The molecule has 1 aliphatic carbocycles. The highest BCUT2D eigenvalue weighted by Crippen LogP contribution is 2.59. The second-order valence-corrected chi connectivity index (χ2v) is 14.0. The second-order valence-electron chi connectivity index (χ2n) is 14.0. The molecule has 5 nitrogen and oxygen atoms in total. The van der Waals surface area contributed by atoms with Crippen molar-refractivity contribution in [1.29, 1.82) is 0 Å². The molecule has 0 fully saturated rings. The lowest BCUT2D eigenvalue weighted by molar-refractivity contribution is 0.361. The molecule has 1 aromatic heterocycles. The first-order chi connectivity index (χ1) is 26.0. The van der Waals surface area contributed by atoms with Crippen LogP contribution in [0, 0.1) is 0 Å². The Labute approximate surface area is 308 Å². The van der Waals surface area contributed by atoms with Gasteiger partial charge in [0, 0.05) is 33.2 Å². The highest BCUT2D eigenvalue weighted by molar-refractivity contribution is 5.89. The molecular weight excluding hydrogens is 651 g/mol. The fraction of sp³-hybridized carbons (Fsp3) is 0.0625. The van der Waals surface area contributed by atoms with Crippen LogP contribution in [0.1, 0.15) is 25.0 Å². The van der Waals surface area contributed by atoms with Crippen molar-refractivity contribution < 1.29 is 9.47 Å². The van der Waals surface area contributed by atoms with Gasteiger partial charge in [0.1, 0.15) is 0 Å². The summed E-state index contributed by atoms with van der Waals surface area (Å²) in [6, 6.07) is 55.9. The third-order valence-corrected chi connectivity index (χ3v) is 10.4. The van der Waals surface area contributed by atoms with E-state index in [2.05, 4.69) is 98.8 Å². The van der Waals surface area contributed by atoms with Crippen molar-refractivity contribution in [1.82, 2.24) is 15.0 Å². The van der Waals surface area contributed by atoms with Gasteiger partial charge < -0.3 is 9.47 Å². The van der Waals surface area contributed by atoms with Gasteiger partial charge in [0.15, 0.2) is 40.5 Å².